The van der Waals surface area contributed by atoms with E-state index >= 15 is 0 Å². The molecule has 1 aromatic carbocycles. The average Bonchev–Trinajstić information content (AvgIpc) is 2.89. The van der Waals surface area contributed by atoms with Gasteiger partial charge in [-0.05, 0) is 43.9 Å². The van der Waals surface area contributed by atoms with Gasteiger partial charge in [0.2, 0.25) is 0 Å². The number of anilines is 1. The summed E-state index contributed by atoms with van der Waals surface area (Å²) in [5.74, 6) is 0. The molecular formula is C16H25ClN2O. The fraction of sp³-hybridized carbons (Fsp3) is 0.625. The largest absolute Gasteiger partial charge is 0.384 e. The number of rotatable bonds is 4. The van der Waals surface area contributed by atoms with Gasteiger partial charge in [0, 0.05) is 31.9 Å². The van der Waals surface area contributed by atoms with E-state index in [1.54, 1.807) is 0 Å². The van der Waals surface area contributed by atoms with Crippen LogP contribution in [0, 0.1) is 0 Å². The summed E-state index contributed by atoms with van der Waals surface area (Å²) < 4.78 is 5.82. The minimum Gasteiger partial charge on any atom is -0.384 e. The number of benzene rings is 1. The third-order valence-corrected chi connectivity index (χ3v) is 4.16. The van der Waals surface area contributed by atoms with Crippen LogP contribution in [0.2, 0.25) is 0 Å². The predicted octanol–water partition coefficient (Wildman–Crippen LogP) is 3.08. The van der Waals surface area contributed by atoms with E-state index in [0.717, 1.165) is 26.2 Å². The summed E-state index contributed by atoms with van der Waals surface area (Å²) in [4.78, 5) is 2.39. The molecule has 20 heavy (non-hydrogen) atoms. The van der Waals surface area contributed by atoms with E-state index in [4.69, 9.17) is 4.74 Å². The lowest BCUT2D eigenvalue weighted by atomic mass is 10.1. The first-order chi connectivity index (χ1) is 9.33. The number of nitrogens with zero attached hydrogens (tertiary/aromatic N) is 1. The Labute approximate surface area is 128 Å². The van der Waals surface area contributed by atoms with E-state index in [0.29, 0.717) is 6.10 Å². The maximum atomic E-state index is 5.82. The quantitative estimate of drug-likeness (QED) is 0.924. The summed E-state index contributed by atoms with van der Waals surface area (Å²) in [6.07, 6.45) is 5.37. The van der Waals surface area contributed by atoms with Gasteiger partial charge >= 0.3 is 0 Å². The lowest BCUT2D eigenvalue weighted by Crippen LogP contribution is -2.33. The van der Waals surface area contributed by atoms with Gasteiger partial charge in [-0.15, -0.1) is 12.4 Å². The van der Waals surface area contributed by atoms with Crippen LogP contribution >= 0.6 is 12.4 Å². The van der Waals surface area contributed by atoms with Crippen molar-refractivity contribution in [3.63, 3.8) is 0 Å². The monoisotopic (exact) mass is 296 g/mol. The minimum atomic E-state index is 0. The van der Waals surface area contributed by atoms with Gasteiger partial charge in [0.25, 0.3) is 0 Å². The number of para-hydroxylation sites is 1. The molecule has 1 saturated heterocycles. The first-order valence-electron chi connectivity index (χ1n) is 7.48. The summed E-state index contributed by atoms with van der Waals surface area (Å²) in [6.45, 7) is 4.09. The minimum absolute atomic E-state index is 0. The predicted molar refractivity (Wildman–Crippen MR) is 85.8 cm³/mol. The molecule has 1 N–H and O–H groups in total. The van der Waals surface area contributed by atoms with Crippen LogP contribution in [0.5, 0.6) is 0 Å². The van der Waals surface area contributed by atoms with Crippen LogP contribution in [0.1, 0.15) is 30.4 Å². The molecule has 4 heteroatoms. The van der Waals surface area contributed by atoms with E-state index in [1.807, 2.05) is 0 Å². The number of hydrogen-bond donors (Lipinski definition) is 1. The summed E-state index contributed by atoms with van der Waals surface area (Å²) in [7, 11) is 2.20. The highest BCUT2D eigenvalue weighted by molar-refractivity contribution is 5.85. The summed E-state index contributed by atoms with van der Waals surface area (Å²) >= 11 is 0. The van der Waals surface area contributed by atoms with Crippen molar-refractivity contribution >= 4 is 18.1 Å². The fourth-order valence-electron chi connectivity index (χ4n) is 3.20. The van der Waals surface area contributed by atoms with Crippen LogP contribution in [0.25, 0.3) is 0 Å². The number of halogens is 1. The fourth-order valence-corrected chi connectivity index (χ4v) is 3.20. The molecule has 2 heterocycles. The molecular weight excluding hydrogens is 272 g/mol. The number of nitrogens with one attached hydrogen (secondary N) is 1. The zero-order valence-corrected chi connectivity index (χ0v) is 13.0. The second-order valence-electron chi connectivity index (χ2n) is 5.81. The molecule has 0 spiro atoms. The maximum absolute atomic E-state index is 5.82. The zero-order chi connectivity index (χ0) is 13.1. The number of fused-ring (bicyclic) bond motifs is 1. The van der Waals surface area contributed by atoms with Gasteiger partial charge in [-0.25, -0.2) is 0 Å². The molecule has 0 bridgehead atoms. The molecule has 2 aliphatic rings. The van der Waals surface area contributed by atoms with E-state index in [9.17, 15) is 0 Å². The zero-order valence-electron chi connectivity index (χ0n) is 12.2. The molecule has 1 unspecified atom stereocenters. The molecule has 112 valence electrons. The van der Waals surface area contributed by atoms with E-state index < -0.39 is 0 Å². The van der Waals surface area contributed by atoms with Crippen LogP contribution in [-0.2, 0) is 17.7 Å². The highest BCUT2D eigenvalue weighted by Crippen LogP contribution is 2.27. The molecule has 2 aliphatic heterocycles. The smallest absolute Gasteiger partial charge is 0.0702 e. The summed E-state index contributed by atoms with van der Waals surface area (Å²) in [5, 5.41) is 3.52. The van der Waals surface area contributed by atoms with Crippen LogP contribution in [0.4, 0.5) is 5.69 Å². The Morgan fingerprint density at radius 3 is 3.05 bits per heavy atom. The summed E-state index contributed by atoms with van der Waals surface area (Å²) in [5.41, 5.74) is 4.27. The number of ether oxygens (including phenoxy) is 1. The highest BCUT2D eigenvalue weighted by Gasteiger charge is 2.18. The lowest BCUT2D eigenvalue weighted by Gasteiger charge is -2.27. The molecule has 0 radical (unpaired) electrons. The van der Waals surface area contributed by atoms with Crippen molar-refractivity contribution < 1.29 is 4.74 Å². The third-order valence-electron chi connectivity index (χ3n) is 4.16. The summed E-state index contributed by atoms with van der Waals surface area (Å²) in [6, 6.07) is 6.67. The van der Waals surface area contributed by atoms with E-state index in [1.165, 1.54) is 42.5 Å². The van der Waals surface area contributed by atoms with Gasteiger partial charge in [-0.2, -0.15) is 0 Å². The second-order valence-corrected chi connectivity index (χ2v) is 5.81. The van der Waals surface area contributed by atoms with Crippen molar-refractivity contribution in [3.8, 4) is 0 Å². The maximum Gasteiger partial charge on any atom is 0.0702 e. The van der Waals surface area contributed by atoms with Gasteiger partial charge in [-0.1, -0.05) is 18.2 Å². The molecule has 1 aromatic rings. The van der Waals surface area contributed by atoms with Crippen molar-refractivity contribution in [2.45, 2.75) is 38.3 Å². The standard InChI is InChI=1S/C16H24N2O.ClH/c1-18(12-15-7-2-3-10-19-15)11-14-6-4-5-13-8-9-17-16(13)14;/h4-6,15,17H,2-3,7-12H2,1H3;1H. The highest BCUT2D eigenvalue weighted by atomic mass is 35.5. The second kappa shape index (κ2) is 7.30. The van der Waals surface area contributed by atoms with Gasteiger partial charge < -0.3 is 10.1 Å². The molecule has 0 aliphatic carbocycles. The molecule has 1 fully saturated rings. The van der Waals surface area contributed by atoms with Crippen molar-refractivity contribution in [3.05, 3.63) is 29.3 Å². The number of hydrogen-bond acceptors (Lipinski definition) is 3. The Kier molecular flexibility index (Phi) is 5.70. The third kappa shape index (κ3) is 3.66. The van der Waals surface area contributed by atoms with Crippen molar-refractivity contribution in [2.75, 3.05) is 32.1 Å². The van der Waals surface area contributed by atoms with E-state index in [-0.39, 0.29) is 12.4 Å². The molecule has 0 amide bonds. The molecule has 0 aromatic heterocycles. The molecule has 1 atom stereocenters. The lowest BCUT2D eigenvalue weighted by molar-refractivity contribution is -0.00256. The van der Waals surface area contributed by atoms with Gasteiger partial charge in [0.15, 0.2) is 0 Å². The Morgan fingerprint density at radius 2 is 2.25 bits per heavy atom. The Bertz CT molecular complexity index is 432. The van der Waals surface area contributed by atoms with E-state index in [2.05, 4.69) is 35.5 Å². The Morgan fingerprint density at radius 1 is 1.35 bits per heavy atom. The SMILES string of the molecule is CN(Cc1cccc2c1NCC2)CC1CCCCO1.Cl. The van der Waals surface area contributed by atoms with Crippen molar-refractivity contribution in [2.24, 2.45) is 0 Å². The van der Waals surface area contributed by atoms with Crippen molar-refractivity contribution in [1.82, 2.24) is 4.90 Å². The normalized spacial score (nSPS) is 21.2. The van der Waals surface area contributed by atoms with Crippen LogP contribution in [-0.4, -0.2) is 37.7 Å². The molecule has 3 rings (SSSR count). The van der Waals surface area contributed by atoms with Crippen molar-refractivity contribution in [1.29, 1.82) is 0 Å². The Hall–Kier alpha value is -0.770. The Balaban J connectivity index is 0.00000147. The van der Waals surface area contributed by atoms with Crippen LogP contribution in [0.3, 0.4) is 0 Å². The first kappa shape index (κ1) is 15.6. The van der Waals surface area contributed by atoms with Gasteiger partial charge in [-0.3, -0.25) is 4.90 Å². The van der Waals surface area contributed by atoms with Gasteiger partial charge in [0.1, 0.15) is 0 Å². The topological polar surface area (TPSA) is 24.5 Å². The molecule has 0 saturated carbocycles. The van der Waals surface area contributed by atoms with Crippen LogP contribution in [0.15, 0.2) is 18.2 Å². The van der Waals surface area contributed by atoms with Gasteiger partial charge in [0.05, 0.1) is 6.10 Å². The number of likely N-dealkylation sites (N-methyl/N-ethyl adjacent to an activating group) is 1. The van der Waals surface area contributed by atoms with Crippen LogP contribution < -0.4 is 5.32 Å². The first-order valence-corrected chi connectivity index (χ1v) is 7.48. The average molecular weight is 297 g/mol. The molecule has 3 nitrogen and oxygen atoms in total.